The molecule has 0 aliphatic rings. The summed E-state index contributed by atoms with van der Waals surface area (Å²) < 4.78 is 0. The van der Waals surface area contributed by atoms with E-state index in [1.54, 1.807) is 12.1 Å². The molecule has 90 valence electrons. The molecule has 1 rings (SSSR count). The fourth-order valence-electron chi connectivity index (χ4n) is 1.36. The first kappa shape index (κ1) is 15.2. The SMILES string of the molecule is CC(C)[C@H](N)c1ccc(Cl)cc1C(=O)O.Cl. The van der Waals surface area contributed by atoms with E-state index in [2.05, 4.69) is 0 Å². The predicted octanol–water partition coefficient (Wildman–Crippen LogP) is 3.12. The Balaban J connectivity index is 0.00000225. The molecule has 5 heteroatoms. The number of aromatic carboxylic acids is 1. The molecule has 0 aliphatic heterocycles. The topological polar surface area (TPSA) is 63.3 Å². The van der Waals surface area contributed by atoms with Gasteiger partial charge in [-0.2, -0.15) is 0 Å². The molecule has 0 heterocycles. The van der Waals surface area contributed by atoms with Gasteiger partial charge in [0.25, 0.3) is 0 Å². The highest BCUT2D eigenvalue weighted by atomic mass is 35.5. The third kappa shape index (κ3) is 3.37. The normalized spacial score (nSPS) is 12.1. The van der Waals surface area contributed by atoms with Crippen molar-refractivity contribution < 1.29 is 9.90 Å². The fraction of sp³-hybridized carbons (Fsp3) is 0.364. The first-order valence-electron chi connectivity index (χ1n) is 4.71. The van der Waals surface area contributed by atoms with Crippen molar-refractivity contribution in [2.75, 3.05) is 0 Å². The van der Waals surface area contributed by atoms with E-state index in [9.17, 15) is 4.79 Å². The van der Waals surface area contributed by atoms with Gasteiger partial charge in [0.1, 0.15) is 0 Å². The zero-order valence-corrected chi connectivity index (χ0v) is 10.7. The molecule has 0 spiro atoms. The maximum atomic E-state index is 11.0. The molecule has 3 N–H and O–H groups in total. The zero-order chi connectivity index (χ0) is 11.6. The van der Waals surface area contributed by atoms with Gasteiger partial charge in [0.05, 0.1) is 5.56 Å². The van der Waals surface area contributed by atoms with Crippen molar-refractivity contribution >= 4 is 30.0 Å². The summed E-state index contributed by atoms with van der Waals surface area (Å²) in [5.41, 5.74) is 6.73. The van der Waals surface area contributed by atoms with Crippen LogP contribution in [0.25, 0.3) is 0 Å². The average Bonchev–Trinajstić information content (AvgIpc) is 2.16. The first-order chi connectivity index (χ1) is 6.93. The summed E-state index contributed by atoms with van der Waals surface area (Å²) in [5, 5.41) is 9.42. The Kier molecular flexibility index (Phi) is 5.79. The monoisotopic (exact) mass is 263 g/mol. The standard InChI is InChI=1S/C11H14ClNO2.ClH/c1-6(2)10(13)8-4-3-7(12)5-9(8)11(14)15;/h3-6,10H,13H2,1-2H3,(H,14,15);1H/t10-;/m0./s1. The van der Waals surface area contributed by atoms with E-state index < -0.39 is 5.97 Å². The van der Waals surface area contributed by atoms with Crippen LogP contribution in [0.15, 0.2) is 18.2 Å². The van der Waals surface area contributed by atoms with E-state index in [1.807, 2.05) is 13.8 Å². The molecule has 0 aromatic heterocycles. The number of rotatable bonds is 3. The number of carboxylic acid groups (broad SMARTS) is 1. The van der Waals surface area contributed by atoms with Crippen molar-refractivity contribution in [2.45, 2.75) is 19.9 Å². The van der Waals surface area contributed by atoms with Gasteiger partial charge < -0.3 is 10.8 Å². The molecule has 16 heavy (non-hydrogen) atoms. The molecule has 1 aromatic carbocycles. The lowest BCUT2D eigenvalue weighted by atomic mass is 9.93. The number of hydrogen-bond donors (Lipinski definition) is 2. The largest absolute Gasteiger partial charge is 0.478 e. The number of hydrogen-bond acceptors (Lipinski definition) is 2. The fourth-order valence-corrected chi connectivity index (χ4v) is 1.54. The summed E-state index contributed by atoms with van der Waals surface area (Å²) in [4.78, 5) is 11.0. The van der Waals surface area contributed by atoms with Gasteiger partial charge in [-0.05, 0) is 23.6 Å². The maximum absolute atomic E-state index is 11.0. The van der Waals surface area contributed by atoms with Gasteiger partial charge in [0, 0.05) is 11.1 Å². The van der Waals surface area contributed by atoms with E-state index in [1.165, 1.54) is 6.07 Å². The quantitative estimate of drug-likeness (QED) is 0.881. The van der Waals surface area contributed by atoms with Crippen molar-refractivity contribution in [1.29, 1.82) is 0 Å². The van der Waals surface area contributed by atoms with Crippen LogP contribution < -0.4 is 5.73 Å². The van der Waals surface area contributed by atoms with Crippen LogP contribution in [0.2, 0.25) is 5.02 Å². The molecule has 0 bridgehead atoms. The summed E-state index contributed by atoms with van der Waals surface area (Å²) in [6.45, 7) is 3.90. The summed E-state index contributed by atoms with van der Waals surface area (Å²) in [6.07, 6.45) is 0. The van der Waals surface area contributed by atoms with Gasteiger partial charge in [-0.25, -0.2) is 4.79 Å². The van der Waals surface area contributed by atoms with Crippen molar-refractivity contribution in [2.24, 2.45) is 11.7 Å². The van der Waals surface area contributed by atoms with Gasteiger partial charge in [-0.1, -0.05) is 31.5 Å². The Labute approximate surface area is 106 Å². The van der Waals surface area contributed by atoms with Crippen LogP contribution in [0, 0.1) is 5.92 Å². The van der Waals surface area contributed by atoms with E-state index in [-0.39, 0.29) is 29.9 Å². The molecule has 0 amide bonds. The van der Waals surface area contributed by atoms with Crippen LogP contribution >= 0.6 is 24.0 Å². The van der Waals surface area contributed by atoms with Gasteiger partial charge in [-0.15, -0.1) is 12.4 Å². The molecule has 1 aromatic rings. The van der Waals surface area contributed by atoms with Crippen molar-refractivity contribution in [1.82, 2.24) is 0 Å². The average molecular weight is 264 g/mol. The molecule has 0 saturated carbocycles. The highest BCUT2D eigenvalue weighted by molar-refractivity contribution is 6.31. The highest BCUT2D eigenvalue weighted by Gasteiger charge is 2.18. The number of halogens is 2. The lowest BCUT2D eigenvalue weighted by Gasteiger charge is -2.18. The van der Waals surface area contributed by atoms with E-state index in [4.69, 9.17) is 22.4 Å². The molecular weight excluding hydrogens is 249 g/mol. The van der Waals surface area contributed by atoms with E-state index in [0.29, 0.717) is 10.6 Å². The molecule has 1 atom stereocenters. The minimum atomic E-state index is -0.997. The second kappa shape index (κ2) is 6.09. The smallest absolute Gasteiger partial charge is 0.336 e. The van der Waals surface area contributed by atoms with E-state index in [0.717, 1.165) is 0 Å². The minimum Gasteiger partial charge on any atom is -0.478 e. The van der Waals surface area contributed by atoms with Crippen LogP contribution in [0.3, 0.4) is 0 Å². The van der Waals surface area contributed by atoms with Crippen molar-refractivity contribution in [3.8, 4) is 0 Å². The lowest BCUT2D eigenvalue weighted by molar-refractivity contribution is 0.0695. The van der Waals surface area contributed by atoms with Crippen LogP contribution in [0.5, 0.6) is 0 Å². The number of benzene rings is 1. The Morgan fingerprint density at radius 3 is 2.44 bits per heavy atom. The van der Waals surface area contributed by atoms with Crippen LogP contribution in [-0.4, -0.2) is 11.1 Å². The number of carboxylic acids is 1. The Hall–Kier alpha value is -0.770. The molecule has 0 saturated heterocycles. The van der Waals surface area contributed by atoms with Gasteiger partial charge in [0.2, 0.25) is 0 Å². The Morgan fingerprint density at radius 2 is 2.00 bits per heavy atom. The molecule has 0 radical (unpaired) electrons. The minimum absolute atomic E-state index is 0. The lowest BCUT2D eigenvalue weighted by Crippen LogP contribution is -2.19. The number of carbonyl (C=O) groups is 1. The Bertz CT molecular complexity index is 380. The molecule has 0 fully saturated rings. The maximum Gasteiger partial charge on any atom is 0.336 e. The van der Waals surface area contributed by atoms with Crippen molar-refractivity contribution in [3.63, 3.8) is 0 Å². The number of nitrogens with two attached hydrogens (primary N) is 1. The third-order valence-corrected chi connectivity index (χ3v) is 2.56. The summed E-state index contributed by atoms with van der Waals surface area (Å²) >= 11 is 5.74. The summed E-state index contributed by atoms with van der Waals surface area (Å²) in [6, 6.07) is 4.48. The molecule has 0 unspecified atom stereocenters. The highest BCUT2D eigenvalue weighted by Crippen LogP contribution is 2.25. The van der Waals surface area contributed by atoms with E-state index >= 15 is 0 Å². The van der Waals surface area contributed by atoms with Gasteiger partial charge >= 0.3 is 5.97 Å². The second-order valence-electron chi connectivity index (χ2n) is 3.81. The third-order valence-electron chi connectivity index (χ3n) is 2.32. The summed E-state index contributed by atoms with van der Waals surface area (Å²) in [5.74, 6) is -0.812. The van der Waals surface area contributed by atoms with Crippen LogP contribution in [0.4, 0.5) is 0 Å². The summed E-state index contributed by atoms with van der Waals surface area (Å²) in [7, 11) is 0. The molecular formula is C11H15Cl2NO2. The molecule has 3 nitrogen and oxygen atoms in total. The Morgan fingerprint density at radius 1 is 1.44 bits per heavy atom. The van der Waals surface area contributed by atoms with Gasteiger partial charge in [-0.3, -0.25) is 0 Å². The first-order valence-corrected chi connectivity index (χ1v) is 5.09. The van der Waals surface area contributed by atoms with Crippen molar-refractivity contribution in [3.05, 3.63) is 34.3 Å². The predicted molar refractivity (Wildman–Crippen MR) is 67.4 cm³/mol. The van der Waals surface area contributed by atoms with Crippen LogP contribution in [-0.2, 0) is 0 Å². The zero-order valence-electron chi connectivity index (χ0n) is 9.11. The van der Waals surface area contributed by atoms with Gasteiger partial charge in [0.15, 0.2) is 0 Å². The van der Waals surface area contributed by atoms with Crippen LogP contribution in [0.1, 0.15) is 35.8 Å². The second-order valence-corrected chi connectivity index (χ2v) is 4.24. The molecule has 0 aliphatic carbocycles.